The molecular weight excluding hydrogens is 236 g/mol. The molecule has 0 saturated carbocycles. The molecule has 0 atom stereocenters. The van der Waals surface area contributed by atoms with E-state index in [1.807, 2.05) is 6.07 Å². The van der Waals surface area contributed by atoms with Crippen LogP contribution in [-0.2, 0) is 6.42 Å². The zero-order chi connectivity index (χ0) is 8.97. The van der Waals surface area contributed by atoms with Gasteiger partial charge in [0.1, 0.15) is 0 Å². The lowest BCUT2D eigenvalue weighted by Gasteiger charge is -1.90. The lowest BCUT2D eigenvalue weighted by atomic mass is 10.2. The van der Waals surface area contributed by atoms with E-state index in [4.69, 9.17) is 0 Å². The van der Waals surface area contributed by atoms with Gasteiger partial charge in [-0.2, -0.15) is 0 Å². The first-order chi connectivity index (χ1) is 5.77. The normalized spacial score (nSPS) is 10.2. The average molecular weight is 247 g/mol. The summed E-state index contributed by atoms with van der Waals surface area (Å²) in [6, 6.07) is 2.05. The van der Waals surface area contributed by atoms with Crippen LogP contribution < -0.4 is 0 Å². The number of carbonyl (C=O) groups excluding carboxylic acids is 1. The van der Waals surface area contributed by atoms with Gasteiger partial charge in [0, 0.05) is 9.35 Å². The molecule has 0 aliphatic rings. The third kappa shape index (κ3) is 2.42. The first kappa shape index (κ1) is 9.93. The summed E-state index contributed by atoms with van der Waals surface area (Å²) in [5.41, 5.74) is 0. The number of thiophene rings is 1. The van der Waals surface area contributed by atoms with Crippen LogP contribution in [0.4, 0.5) is 0 Å². The van der Waals surface area contributed by atoms with Crippen molar-refractivity contribution in [2.24, 2.45) is 0 Å². The highest BCUT2D eigenvalue weighted by Crippen LogP contribution is 2.26. The summed E-state index contributed by atoms with van der Waals surface area (Å²) in [6.07, 6.45) is 4.40. The SMILES string of the molecule is CCCCc1cc(Br)c(C=O)s1. The van der Waals surface area contributed by atoms with Crippen LogP contribution in [0.5, 0.6) is 0 Å². The number of aldehydes is 1. The molecule has 0 radical (unpaired) electrons. The van der Waals surface area contributed by atoms with Crippen molar-refractivity contribution in [2.75, 3.05) is 0 Å². The van der Waals surface area contributed by atoms with Crippen molar-refractivity contribution in [1.82, 2.24) is 0 Å². The standard InChI is InChI=1S/C9H11BrOS/c1-2-3-4-7-5-8(10)9(6-11)12-7/h5-6H,2-4H2,1H3. The largest absolute Gasteiger partial charge is 0.297 e. The first-order valence-electron chi connectivity index (χ1n) is 4.01. The van der Waals surface area contributed by atoms with Gasteiger partial charge in [0.25, 0.3) is 0 Å². The Balaban J connectivity index is 2.68. The minimum atomic E-state index is 0.807. The fourth-order valence-electron chi connectivity index (χ4n) is 0.986. The Labute approximate surface area is 84.9 Å². The number of halogens is 1. The third-order valence-corrected chi connectivity index (χ3v) is 3.69. The van der Waals surface area contributed by atoms with Crippen molar-refractivity contribution in [3.63, 3.8) is 0 Å². The van der Waals surface area contributed by atoms with Crippen LogP contribution >= 0.6 is 27.3 Å². The predicted molar refractivity (Wildman–Crippen MR) is 56.0 cm³/mol. The van der Waals surface area contributed by atoms with Gasteiger partial charge in [-0.3, -0.25) is 4.79 Å². The second kappa shape index (κ2) is 4.77. The summed E-state index contributed by atoms with van der Waals surface area (Å²) < 4.78 is 0.939. The molecule has 1 aromatic heterocycles. The molecule has 66 valence electrons. The van der Waals surface area contributed by atoms with Gasteiger partial charge in [-0.1, -0.05) is 13.3 Å². The van der Waals surface area contributed by atoms with E-state index in [0.29, 0.717) is 0 Å². The summed E-state index contributed by atoms with van der Waals surface area (Å²) in [7, 11) is 0. The van der Waals surface area contributed by atoms with E-state index in [-0.39, 0.29) is 0 Å². The maximum Gasteiger partial charge on any atom is 0.161 e. The Morgan fingerprint density at radius 1 is 1.67 bits per heavy atom. The summed E-state index contributed by atoms with van der Waals surface area (Å²) in [4.78, 5) is 12.6. The van der Waals surface area contributed by atoms with Crippen molar-refractivity contribution in [2.45, 2.75) is 26.2 Å². The Morgan fingerprint density at radius 3 is 2.92 bits per heavy atom. The molecule has 1 nitrogen and oxygen atoms in total. The molecule has 0 amide bonds. The molecule has 0 aliphatic heterocycles. The number of carbonyl (C=O) groups is 1. The number of rotatable bonds is 4. The van der Waals surface area contributed by atoms with Crippen molar-refractivity contribution < 1.29 is 4.79 Å². The highest BCUT2D eigenvalue weighted by atomic mass is 79.9. The first-order valence-corrected chi connectivity index (χ1v) is 5.62. The second-order valence-corrected chi connectivity index (χ2v) is 4.67. The van der Waals surface area contributed by atoms with Gasteiger partial charge >= 0.3 is 0 Å². The number of aryl methyl sites for hydroxylation is 1. The minimum absolute atomic E-state index is 0.807. The molecule has 0 fully saturated rings. The molecule has 0 aliphatic carbocycles. The molecular formula is C9H11BrOS. The lowest BCUT2D eigenvalue weighted by molar-refractivity contribution is 0.112. The molecule has 0 N–H and O–H groups in total. The fraction of sp³-hybridized carbons (Fsp3) is 0.444. The van der Waals surface area contributed by atoms with Gasteiger partial charge in [0.05, 0.1) is 4.88 Å². The van der Waals surface area contributed by atoms with Crippen LogP contribution in [0.2, 0.25) is 0 Å². The second-order valence-electron chi connectivity index (χ2n) is 2.65. The Kier molecular flexibility index (Phi) is 3.95. The summed E-state index contributed by atoms with van der Waals surface area (Å²) in [6.45, 7) is 2.17. The van der Waals surface area contributed by atoms with E-state index in [1.54, 1.807) is 11.3 Å². The maximum absolute atomic E-state index is 10.5. The summed E-state index contributed by atoms with van der Waals surface area (Å²) in [5, 5.41) is 0. The van der Waals surface area contributed by atoms with Crippen LogP contribution in [0.15, 0.2) is 10.5 Å². The van der Waals surface area contributed by atoms with E-state index in [2.05, 4.69) is 22.9 Å². The quantitative estimate of drug-likeness (QED) is 0.742. The molecule has 0 bridgehead atoms. The number of hydrogen-bond acceptors (Lipinski definition) is 2. The monoisotopic (exact) mass is 246 g/mol. The molecule has 0 unspecified atom stereocenters. The molecule has 1 rings (SSSR count). The fourth-order valence-corrected chi connectivity index (χ4v) is 2.66. The third-order valence-electron chi connectivity index (χ3n) is 1.65. The van der Waals surface area contributed by atoms with Gasteiger partial charge in [-0.25, -0.2) is 0 Å². The van der Waals surface area contributed by atoms with Crippen molar-refractivity contribution >= 4 is 33.6 Å². The molecule has 3 heteroatoms. The van der Waals surface area contributed by atoms with Crippen LogP contribution in [0.25, 0.3) is 0 Å². The van der Waals surface area contributed by atoms with Gasteiger partial charge in [0.2, 0.25) is 0 Å². The molecule has 0 saturated heterocycles. The predicted octanol–water partition coefficient (Wildman–Crippen LogP) is 3.67. The summed E-state index contributed by atoms with van der Waals surface area (Å²) >= 11 is 4.93. The zero-order valence-corrected chi connectivity index (χ0v) is 9.37. The average Bonchev–Trinajstić information content (AvgIpc) is 2.43. The number of hydrogen-bond donors (Lipinski definition) is 0. The highest BCUT2D eigenvalue weighted by Gasteiger charge is 2.04. The van der Waals surface area contributed by atoms with Crippen molar-refractivity contribution in [3.05, 3.63) is 20.3 Å². The minimum Gasteiger partial charge on any atom is -0.297 e. The van der Waals surface area contributed by atoms with E-state index in [0.717, 1.165) is 22.1 Å². The molecule has 1 aromatic rings. The lowest BCUT2D eigenvalue weighted by Crippen LogP contribution is -1.76. The summed E-state index contributed by atoms with van der Waals surface area (Å²) in [5.74, 6) is 0. The van der Waals surface area contributed by atoms with Crippen molar-refractivity contribution in [3.8, 4) is 0 Å². The van der Waals surface area contributed by atoms with Gasteiger partial charge < -0.3 is 0 Å². The van der Waals surface area contributed by atoms with Crippen LogP contribution in [0.3, 0.4) is 0 Å². The molecule has 0 aromatic carbocycles. The van der Waals surface area contributed by atoms with E-state index >= 15 is 0 Å². The Hall–Kier alpha value is -0.150. The van der Waals surface area contributed by atoms with E-state index in [1.165, 1.54) is 17.7 Å². The smallest absolute Gasteiger partial charge is 0.161 e. The van der Waals surface area contributed by atoms with E-state index < -0.39 is 0 Å². The Morgan fingerprint density at radius 2 is 2.42 bits per heavy atom. The van der Waals surface area contributed by atoms with Crippen molar-refractivity contribution in [1.29, 1.82) is 0 Å². The number of unbranched alkanes of at least 4 members (excludes halogenated alkanes) is 1. The Bertz CT molecular complexity index is 267. The van der Waals surface area contributed by atoms with E-state index in [9.17, 15) is 4.79 Å². The maximum atomic E-state index is 10.5. The molecule has 0 spiro atoms. The topological polar surface area (TPSA) is 17.1 Å². The van der Waals surface area contributed by atoms with Gasteiger partial charge in [-0.05, 0) is 34.8 Å². The van der Waals surface area contributed by atoms with Gasteiger partial charge in [0.15, 0.2) is 6.29 Å². The van der Waals surface area contributed by atoms with Gasteiger partial charge in [-0.15, -0.1) is 11.3 Å². The zero-order valence-electron chi connectivity index (χ0n) is 6.97. The molecule has 12 heavy (non-hydrogen) atoms. The van der Waals surface area contributed by atoms with Crippen LogP contribution in [0.1, 0.15) is 34.3 Å². The van der Waals surface area contributed by atoms with Crippen LogP contribution in [0, 0.1) is 0 Å². The van der Waals surface area contributed by atoms with Crippen LogP contribution in [-0.4, -0.2) is 6.29 Å². The highest BCUT2D eigenvalue weighted by molar-refractivity contribution is 9.10. The molecule has 1 heterocycles.